The zero-order valence-corrected chi connectivity index (χ0v) is 14.3. The SMILES string of the molecule is Cc1c(-c2cnccn2)ccc2c1C[N+](C)(c1cccs1)CC2. The van der Waals surface area contributed by atoms with Crippen molar-refractivity contribution >= 4 is 16.3 Å². The Labute approximate surface area is 140 Å². The first-order valence-electron chi connectivity index (χ1n) is 7.94. The van der Waals surface area contributed by atoms with Gasteiger partial charge in [0.05, 0.1) is 25.5 Å². The molecule has 0 saturated heterocycles. The molecule has 4 rings (SSSR count). The number of aromatic nitrogens is 2. The number of benzene rings is 1. The maximum Gasteiger partial charge on any atom is 0.188 e. The summed E-state index contributed by atoms with van der Waals surface area (Å²) in [6, 6.07) is 8.91. The molecule has 0 radical (unpaired) electrons. The standard InChI is InChI=1S/C19H20N3S/c1-14-16(18-12-20-8-9-21-18)6-5-15-7-10-22(2,13-17(14)15)19-4-3-11-23-19/h3-6,8-9,11-12H,7,10,13H2,1-2H3/q+1. The molecule has 4 heteroatoms. The third-order valence-corrected chi connectivity index (χ3v) is 6.07. The summed E-state index contributed by atoms with van der Waals surface area (Å²) in [5.74, 6) is 0. The summed E-state index contributed by atoms with van der Waals surface area (Å²) < 4.78 is 0.995. The average Bonchev–Trinajstić information content (AvgIpc) is 3.12. The summed E-state index contributed by atoms with van der Waals surface area (Å²) in [6.45, 7) is 4.44. The Bertz CT molecular complexity index is 827. The van der Waals surface area contributed by atoms with Gasteiger partial charge in [-0.1, -0.05) is 23.5 Å². The summed E-state index contributed by atoms with van der Waals surface area (Å²) in [6.07, 6.45) is 6.47. The number of fused-ring (bicyclic) bond motifs is 1. The van der Waals surface area contributed by atoms with E-state index in [2.05, 4.69) is 53.6 Å². The van der Waals surface area contributed by atoms with Gasteiger partial charge in [0.1, 0.15) is 6.54 Å². The molecule has 1 unspecified atom stereocenters. The van der Waals surface area contributed by atoms with E-state index in [-0.39, 0.29) is 0 Å². The molecule has 116 valence electrons. The highest BCUT2D eigenvalue weighted by Gasteiger charge is 2.33. The smallest absolute Gasteiger partial charge is 0.188 e. The average molecular weight is 322 g/mol. The highest BCUT2D eigenvalue weighted by Crippen LogP contribution is 2.36. The molecule has 3 heterocycles. The van der Waals surface area contributed by atoms with Crippen LogP contribution in [0.4, 0.5) is 5.00 Å². The van der Waals surface area contributed by atoms with Gasteiger partial charge in [-0.15, -0.1) is 0 Å². The van der Waals surface area contributed by atoms with Crippen molar-refractivity contribution in [2.75, 3.05) is 13.6 Å². The van der Waals surface area contributed by atoms with Crippen molar-refractivity contribution in [2.24, 2.45) is 0 Å². The van der Waals surface area contributed by atoms with Gasteiger partial charge < -0.3 is 0 Å². The number of rotatable bonds is 2. The number of likely N-dealkylation sites (N-methyl/N-ethyl adjacent to an activating group) is 1. The predicted molar refractivity (Wildman–Crippen MR) is 96.5 cm³/mol. The molecule has 0 bridgehead atoms. The molecular formula is C19H20N3S+. The Morgan fingerprint density at radius 1 is 1.17 bits per heavy atom. The van der Waals surface area contributed by atoms with Crippen LogP contribution < -0.4 is 4.48 Å². The Hall–Kier alpha value is -2.04. The first kappa shape index (κ1) is 14.5. The molecule has 0 amide bonds. The second-order valence-corrected chi connectivity index (χ2v) is 7.37. The summed E-state index contributed by atoms with van der Waals surface area (Å²) in [4.78, 5) is 8.70. The lowest BCUT2D eigenvalue weighted by atomic mass is 9.90. The van der Waals surface area contributed by atoms with Crippen LogP contribution in [0.25, 0.3) is 11.3 Å². The van der Waals surface area contributed by atoms with Gasteiger partial charge in [-0.3, -0.25) is 14.5 Å². The van der Waals surface area contributed by atoms with Crippen LogP contribution in [0.2, 0.25) is 0 Å². The number of nitrogens with zero attached hydrogens (tertiary/aromatic N) is 3. The maximum absolute atomic E-state index is 4.48. The Morgan fingerprint density at radius 2 is 2.09 bits per heavy atom. The topological polar surface area (TPSA) is 25.8 Å². The van der Waals surface area contributed by atoms with E-state index in [0.29, 0.717) is 0 Å². The van der Waals surface area contributed by atoms with Crippen molar-refractivity contribution < 1.29 is 0 Å². The quantitative estimate of drug-likeness (QED) is 0.661. The van der Waals surface area contributed by atoms with Gasteiger partial charge in [-0.2, -0.15) is 0 Å². The first-order chi connectivity index (χ1) is 11.2. The zero-order valence-electron chi connectivity index (χ0n) is 13.5. The molecule has 0 saturated carbocycles. The van der Waals surface area contributed by atoms with Crippen LogP contribution in [0.1, 0.15) is 16.7 Å². The van der Waals surface area contributed by atoms with E-state index < -0.39 is 0 Å². The normalized spacial score (nSPS) is 20.3. The van der Waals surface area contributed by atoms with Crippen LogP contribution in [-0.2, 0) is 13.0 Å². The predicted octanol–water partition coefficient (Wildman–Crippen LogP) is 4.21. The fourth-order valence-corrected chi connectivity index (χ4v) is 4.41. The lowest BCUT2D eigenvalue weighted by Crippen LogP contribution is -2.48. The minimum atomic E-state index is 0.962. The molecule has 1 aliphatic heterocycles. The second-order valence-electron chi connectivity index (χ2n) is 6.45. The van der Waals surface area contributed by atoms with E-state index in [1.54, 1.807) is 12.4 Å². The zero-order chi connectivity index (χ0) is 15.9. The van der Waals surface area contributed by atoms with Gasteiger partial charge in [0, 0.05) is 36.0 Å². The molecule has 23 heavy (non-hydrogen) atoms. The number of hydrogen-bond acceptors (Lipinski definition) is 3. The van der Waals surface area contributed by atoms with Crippen molar-refractivity contribution in [3.63, 3.8) is 0 Å². The summed E-state index contributed by atoms with van der Waals surface area (Å²) >= 11 is 1.86. The van der Waals surface area contributed by atoms with Gasteiger partial charge in [0.15, 0.2) is 5.00 Å². The van der Waals surface area contributed by atoms with Crippen molar-refractivity contribution in [3.05, 3.63) is 64.9 Å². The second kappa shape index (κ2) is 5.55. The fourth-order valence-electron chi connectivity index (χ4n) is 3.54. The Morgan fingerprint density at radius 3 is 2.83 bits per heavy atom. The highest BCUT2D eigenvalue weighted by atomic mass is 32.1. The van der Waals surface area contributed by atoms with Crippen LogP contribution in [0, 0.1) is 6.92 Å². The van der Waals surface area contributed by atoms with Gasteiger partial charge >= 0.3 is 0 Å². The van der Waals surface area contributed by atoms with Gasteiger partial charge in [-0.05, 0) is 29.5 Å². The molecule has 1 aliphatic rings. The molecule has 1 atom stereocenters. The maximum atomic E-state index is 4.48. The van der Waals surface area contributed by atoms with Crippen LogP contribution in [0.15, 0.2) is 48.2 Å². The molecular weight excluding hydrogens is 302 g/mol. The molecule has 2 aromatic heterocycles. The van der Waals surface area contributed by atoms with Crippen molar-refractivity contribution in [2.45, 2.75) is 19.9 Å². The molecule has 3 nitrogen and oxygen atoms in total. The minimum absolute atomic E-state index is 0.962. The van der Waals surface area contributed by atoms with E-state index in [1.165, 1.54) is 27.3 Å². The third kappa shape index (κ3) is 2.48. The summed E-state index contributed by atoms with van der Waals surface area (Å²) in [5, 5.41) is 3.62. The van der Waals surface area contributed by atoms with E-state index >= 15 is 0 Å². The van der Waals surface area contributed by atoms with E-state index in [9.17, 15) is 0 Å². The number of quaternary nitrogens is 1. The lowest BCUT2D eigenvalue weighted by Gasteiger charge is -2.38. The Balaban J connectivity index is 1.79. The van der Waals surface area contributed by atoms with E-state index in [1.807, 2.05) is 17.5 Å². The van der Waals surface area contributed by atoms with Gasteiger partial charge in [0.25, 0.3) is 0 Å². The molecule has 1 aromatic carbocycles. The number of hydrogen-bond donors (Lipinski definition) is 0. The minimum Gasteiger partial charge on any atom is -0.281 e. The van der Waals surface area contributed by atoms with Crippen LogP contribution in [0.3, 0.4) is 0 Å². The van der Waals surface area contributed by atoms with Crippen molar-refractivity contribution in [1.82, 2.24) is 14.5 Å². The van der Waals surface area contributed by atoms with Crippen LogP contribution in [-0.4, -0.2) is 23.6 Å². The van der Waals surface area contributed by atoms with Gasteiger partial charge in [0.2, 0.25) is 0 Å². The van der Waals surface area contributed by atoms with E-state index in [4.69, 9.17) is 0 Å². The van der Waals surface area contributed by atoms with E-state index in [0.717, 1.165) is 29.7 Å². The first-order valence-corrected chi connectivity index (χ1v) is 8.82. The third-order valence-electron chi connectivity index (χ3n) is 4.95. The van der Waals surface area contributed by atoms with Crippen LogP contribution >= 0.6 is 11.3 Å². The molecule has 3 aromatic rings. The van der Waals surface area contributed by atoms with Crippen molar-refractivity contribution in [1.29, 1.82) is 0 Å². The summed E-state index contributed by atoms with van der Waals surface area (Å²) in [7, 11) is 2.35. The van der Waals surface area contributed by atoms with Gasteiger partial charge in [-0.25, -0.2) is 0 Å². The van der Waals surface area contributed by atoms with Crippen LogP contribution in [0.5, 0.6) is 0 Å². The number of thiophene rings is 1. The molecule has 0 N–H and O–H groups in total. The highest BCUT2D eigenvalue weighted by molar-refractivity contribution is 7.13. The molecule has 0 spiro atoms. The molecule has 0 aliphatic carbocycles. The Kier molecular flexibility index (Phi) is 3.51. The van der Waals surface area contributed by atoms with Crippen molar-refractivity contribution in [3.8, 4) is 11.3 Å². The summed E-state index contributed by atoms with van der Waals surface area (Å²) in [5.41, 5.74) is 6.49. The molecule has 0 fully saturated rings. The largest absolute Gasteiger partial charge is 0.281 e. The monoisotopic (exact) mass is 322 g/mol. The fraction of sp³-hybridized carbons (Fsp3) is 0.263. The lowest BCUT2D eigenvalue weighted by molar-refractivity contribution is 0.313.